The van der Waals surface area contributed by atoms with Crippen LogP contribution in [0.15, 0.2) is 18.2 Å². The second kappa shape index (κ2) is 6.56. The van der Waals surface area contributed by atoms with Gasteiger partial charge in [0.05, 0.1) is 5.56 Å². The molecule has 1 heterocycles. The van der Waals surface area contributed by atoms with E-state index >= 15 is 0 Å². The number of benzene rings is 1. The van der Waals surface area contributed by atoms with Gasteiger partial charge in [-0.05, 0) is 72.5 Å². The van der Waals surface area contributed by atoms with Gasteiger partial charge in [0.2, 0.25) is 0 Å². The number of nitrogens with zero attached hydrogens (tertiary/aromatic N) is 1. The predicted octanol–water partition coefficient (Wildman–Crippen LogP) is 2.20. The molecule has 2 rings (SSSR count). The number of rotatable bonds is 3. The summed E-state index contributed by atoms with van der Waals surface area (Å²) < 4.78 is 0.955. The third-order valence-electron chi connectivity index (χ3n) is 3.67. The van der Waals surface area contributed by atoms with Gasteiger partial charge in [0.15, 0.2) is 0 Å². The van der Waals surface area contributed by atoms with Crippen molar-refractivity contribution in [2.75, 3.05) is 19.6 Å². The maximum absolute atomic E-state index is 12.4. The van der Waals surface area contributed by atoms with Crippen LogP contribution in [0.1, 0.15) is 29.6 Å². The number of phenolic OH excluding ortho intramolecular Hbond substituents is 1. The van der Waals surface area contributed by atoms with E-state index in [0.29, 0.717) is 11.5 Å². The summed E-state index contributed by atoms with van der Waals surface area (Å²) in [6.45, 7) is 2.24. The lowest BCUT2D eigenvalue weighted by Gasteiger charge is -2.32. The van der Waals surface area contributed by atoms with Gasteiger partial charge in [-0.15, -0.1) is 0 Å². The number of piperidine rings is 1. The van der Waals surface area contributed by atoms with E-state index in [-0.39, 0.29) is 11.7 Å². The standard InChI is InChI=1S/C14H19IN2O2/c15-11-1-2-13(18)12(9-11)14(19)17-7-4-10(3-6-16)5-8-17/h1-2,9-10,18H,3-8,16H2. The van der Waals surface area contributed by atoms with Crippen LogP contribution in [0, 0.1) is 9.49 Å². The molecule has 1 saturated heterocycles. The Balaban J connectivity index is 2.03. The molecule has 0 aliphatic carbocycles. The van der Waals surface area contributed by atoms with Crippen LogP contribution in [-0.4, -0.2) is 35.5 Å². The maximum Gasteiger partial charge on any atom is 0.257 e. The number of hydrogen-bond acceptors (Lipinski definition) is 3. The van der Waals surface area contributed by atoms with Gasteiger partial charge in [-0.2, -0.15) is 0 Å². The fourth-order valence-electron chi connectivity index (χ4n) is 2.51. The quantitative estimate of drug-likeness (QED) is 0.798. The van der Waals surface area contributed by atoms with Crippen molar-refractivity contribution in [2.45, 2.75) is 19.3 Å². The topological polar surface area (TPSA) is 66.6 Å². The number of hydrogen-bond donors (Lipinski definition) is 2. The Morgan fingerprint density at radius 2 is 2.11 bits per heavy atom. The normalized spacial score (nSPS) is 16.6. The van der Waals surface area contributed by atoms with Gasteiger partial charge in [-0.3, -0.25) is 4.79 Å². The van der Waals surface area contributed by atoms with E-state index in [2.05, 4.69) is 22.6 Å². The van der Waals surface area contributed by atoms with Crippen molar-refractivity contribution in [3.8, 4) is 5.75 Å². The summed E-state index contributed by atoms with van der Waals surface area (Å²) in [4.78, 5) is 14.2. The average molecular weight is 374 g/mol. The minimum atomic E-state index is -0.0674. The number of carbonyl (C=O) groups is 1. The molecule has 1 aliphatic heterocycles. The molecule has 19 heavy (non-hydrogen) atoms. The van der Waals surface area contributed by atoms with Crippen LogP contribution in [0.25, 0.3) is 0 Å². The molecule has 0 aromatic heterocycles. The monoisotopic (exact) mass is 374 g/mol. The van der Waals surface area contributed by atoms with Gasteiger partial charge in [-0.25, -0.2) is 0 Å². The molecule has 104 valence electrons. The highest BCUT2D eigenvalue weighted by atomic mass is 127. The Hall–Kier alpha value is -0.820. The zero-order valence-corrected chi connectivity index (χ0v) is 13.0. The number of carbonyl (C=O) groups excluding carboxylic acids is 1. The molecule has 5 heteroatoms. The first-order chi connectivity index (χ1) is 9.11. The summed E-state index contributed by atoms with van der Waals surface area (Å²) in [5.41, 5.74) is 5.97. The van der Waals surface area contributed by atoms with E-state index in [9.17, 15) is 9.90 Å². The second-order valence-corrected chi connectivity index (χ2v) is 6.22. The van der Waals surface area contributed by atoms with Crippen LogP contribution in [0.4, 0.5) is 0 Å². The Morgan fingerprint density at radius 3 is 2.74 bits per heavy atom. The highest BCUT2D eigenvalue weighted by molar-refractivity contribution is 14.1. The summed E-state index contributed by atoms with van der Waals surface area (Å²) in [6.07, 6.45) is 3.05. The first kappa shape index (κ1) is 14.6. The zero-order valence-electron chi connectivity index (χ0n) is 10.8. The van der Waals surface area contributed by atoms with Gasteiger partial charge >= 0.3 is 0 Å². The third-order valence-corrected chi connectivity index (χ3v) is 4.34. The molecule has 0 unspecified atom stereocenters. The Kier molecular flexibility index (Phi) is 5.04. The van der Waals surface area contributed by atoms with Gasteiger partial charge < -0.3 is 15.7 Å². The van der Waals surface area contributed by atoms with Crippen LogP contribution in [-0.2, 0) is 0 Å². The molecular weight excluding hydrogens is 355 g/mol. The molecule has 0 radical (unpaired) electrons. The molecule has 0 spiro atoms. The molecule has 0 bridgehead atoms. The highest BCUT2D eigenvalue weighted by Gasteiger charge is 2.24. The van der Waals surface area contributed by atoms with Crippen molar-refractivity contribution < 1.29 is 9.90 Å². The smallest absolute Gasteiger partial charge is 0.257 e. The van der Waals surface area contributed by atoms with Crippen LogP contribution >= 0.6 is 22.6 Å². The number of amides is 1. The summed E-state index contributed by atoms with van der Waals surface area (Å²) in [7, 11) is 0. The van der Waals surface area contributed by atoms with Crippen molar-refractivity contribution in [3.05, 3.63) is 27.3 Å². The number of phenols is 1. The summed E-state index contributed by atoms with van der Waals surface area (Å²) in [6, 6.07) is 5.11. The molecule has 0 saturated carbocycles. The first-order valence-corrected chi connectivity index (χ1v) is 7.67. The molecule has 1 aromatic rings. The maximum atomic E-state index is 12.4. The van der Waals surface area contributed by atoms with E-state index in [1.807, 2.05) is 4.90 Å². The summed E-state index contributed by atoms with van der Waals surface area (Å²) >= 11 is 2.14. The van der Waals surface area contributed by atoms with Crippen LogP contribution < -0.4 is 5.73 Å². The molecule has 1 amide bonds. The van der Waals surface area contributed by atoms with Gasteiger partial charge in [-0.1, -0.05) is 0 Å². The van der Waals surface area contributed by atoms with Crippen LogP contribution in [0.2, 0.25) is 0 Å². The Labute approximate surface area is 127 Å². The summed E-state index contributed by atoms with van der Waals surface area (Å²) in [5.74, 6) is 0.635. The molecule has 1 aromatic carbocycles. The fraction of sp³-hybridized carbons (Fsp3) is 0.500. The van der Waals surface area contributed by atoms with Crippen molar-refractivity contribution >= 4 is 28.5 Å². The number of halogens is 1. The minimum absolute atomic E-state index is 0.0643. The van der Waals surface area contributed by atoms with E-state index in [1.54, 1.807) is 18.2 Å². The Morgan fingerprint density at radius 1 is 1.42 bits per heavy atom. The molecule has 3 N–H and O–H groups in total. The number of likely N-dealkylation sites (tertiary alicyclic amines) is 1. The first-order valence-electron chi connectivity index (χ1n) is 6.59. The van der Waals surface area contributed by atoms with Crippen LogP contribution in [0.3, 0.4) is 0 Å². The van der Waals surface area contributed by atoms with Gasteiger partial charge in [0, 0.05) is 16.7 Å². The van der Waals surface area contributed by atoms with E-state index in [4.69, 9.17) is 5.73 Å². The lowest BCUT2D eigenvalue weighted by atomic mass is 9.93. The van der Waals surface area contributed by atoms with E-state index in [1.165, 1.54) is 0 Å². The van der Waals surface area contributed by atoms with Crippen molar-refractivity contribution in [1.82, 2.24) is 4.90 Å². The van der Waals surface area contributed by atoms with Crippen LogP contribution in [0.5, 0.6) is 5.75 Å². The second-order valence-electron chi connectivity index (χ2n) is 4.97. The lowest BCUT2D eigenvalue weighted by molar-refractivity contribution is 0.0685. The molecular formula is C14H19IN2O2. The lowest BCUT2D eigenvalue weighted by Crippen LogP contribution is -2.38. The SMILES string of the molecule is NCCC1CCN(C(=O)c2cc(I)ccc2O)CC1. The largest absolute Gasteiger partial charge is 0.507 e. The Bertz CT molecular complexity index is 457. The molecule has 1 aliphatic rings. The predicted molar refractivity (Wildman–Crippen MR) is 83.1 cm³/mol. The minimum Gasteiger partial charge on any atom is -0.507 e. The zero-order chi connectivity index (χ0) is 13.8. The average Bonchev–Trinajstić information content (AvgIpc) is 2.42. The van der Waals surface area contributed by atoms with Gasteiger partial charge in [0.25, 0.3) is 5.91 Å². The third kappa shape index (κ3) is 3.60. The summed E-state index contributed by atoms with van der Waals surface area (Å²) in [5, 5.41) is 9.80. The van der Waals surface area contributed by atoms with Crippen molar-refractivity contribution in [3.63, 3.8) is 0 Å². The number of aromatic hydroxyl groups is 1. The van der Waals surface area contributed by atoms with Crippen molar-refractivity contribution in [1.29, 1.82) is 0 Å². The van der Waals surface area contributed by atoms with Crippen molar-refractivity contribution in [2.24, 2.45) is 11.7 Å². The molecule has 0 atom stereocenters. The highest BCUT2D eigenvalue weighted by Crippen LogP contribution is 2.25. The van der Waals surface area contributed by atoms with Gasteiger partial charge in [0.1, 0.15) is 5.75 Å². The molecule has 1 fully saturated rings. The molecule has 4 nitrogen and oxygen atoms in total. The van der Waals surface area contributed by atoms with E-state index < -0.39 is 0 Å². The van der Waals surface area contributed by atoms with E-state index in [0.717, 1.165) is 42.5 Å². The fourth-order valence-corrected chi connectivity index (χ4v) is 3.00. The number of nitrogens with two attached hydrogens (primary N) is 1.